The number of amides is 1. The number of nitrogens with zero attached hydrogens (tertiary/aromatic N) is 4. The molecule has 0 unspecified atom stereocenters. The molecule has 1 aliphatic heterocycles. The van der Waals surface area contributed by atoms with Crippen molar-refractivity contribution >= 4 is 17.7 Å². The van der Waals surface area contributed by atoms with E-state index < -0.39 is 0 Å². The second kappa shape index (κ2) is 11.5. The van der Waals surface area contributed by atoms with Crippen molar-refractivity contribution < 1.29 is 4.79 Å². The highest BCUT2D eigenvalue weighted by molar-refractivity contribution is 5.76. The van der Waals surface area contributed by atoms with Gasteiger partial charge in [0.05, 0.1) is 0 Å². The van der Waals surface area contributed by atoms with Crippen molar-refractivity contribution in [2.75, 3.05) is 50.0 Å². The molecule has 1 aromatic heterocycles. The van der Waals surface area contributed by atoms with Crippen LogP contribution in [0.1, 0.15) is 31.7 Å². The van der Waals surface area contributed by atoms with E-state index in [2.05, 4.69) is 61.6 Å². The minimum atomic E-state index is 0.170. The highest BCUT2D eigenvalue weighted by atomic mass is 16.1. The summed E-state index contributed by atoms with van der Waals surface area (Å²) in [6, 6.07) is 12.4. The molecule has 2 aromatic rings. The Bertz CT molecular complexity index is 776. The Kier molecular flexibility index (Phi) is 8.44. The molecule has 7 heteroatoms. The van der Waals surface area contributed by atoms with Gasteiger partial charge in [-0.05, 0) is 36.9 Å². The Labute approximate surface area is 179 Å². The molecule has 0 atom stereocenters. The molecule has 2 heterocycles. The van der Waals surface area contributed by atoms with Gasteiger partial charge in [0.25, 0.3) is 0 Å². The van der Waals surface area contributed by atoms with Crippen molar-refractivity contribution in [1.29, 1.82) is 0 Å². The fraction of sp³-hybridized carbons (Fsp3) is 0.522. The second-order valence-corrected chi connectivity index (χ2v) is 7.83. The third-order valence-corrected chi connectivity index (χ3v) is 5.72. The Balaban J connectivity index is 1.35. The van der Waals surface area contributed by atoms with E-state index in [4.69, 9.17) is 0 Å². The van der Waals surface area contributed by atoms with Gasteiger partial charge < -0.3 is 15.5 Å². The number of rotatable bonds is 10. The van der Waals surface area contributed by atoms with E-state index >= 15 is 0 Å². The molecule has 162 valence electrons. The van der Waals surface area contributed by atoms with Crippen LogP contribution in [0.15, 0.2) is 42.6 Å². The van der Waals surface area contributed by atoms with E-state index in [1.165, 1.54) is 5.56 Å². The van der Waals surface area contributed by atoms with Crippen LogP contribution in [0.2, 0.25) is 0 Å². The standard InChI is InChI=1S/C23H34N6O/c1-3-28(18-20-7-5-4-6-8-20)16-13-25-22(30)17-19-10-14-29(15-11-19)21-9-12-26-23(24-2)27-21/h4-9,12,19H,3,10-11,13-18H2,1-2H3,(H,25,30)(H,24,26,27). The summed E-state index contributed by atoms with van der Waals surface area (Å²) in [6.07, 6.45) is 4.43. The molecular formula is C23H34N6O. The van der Waals surface area contributed by atoms with Crippen molar-refractivity contribution in [3.8, 4) is 0 Å². The number of piperidine rings is 1. The minimum Gasteiger partial charge on any atom is -0.357 e. The first-order chi connectivity index (χ1) is 14.7. The molecule has 0 aliphatic carbocycles. The molecule has 0 saturated carbocycles. The van der Waals surface area contributed by atoms with Gasteiger partial charge in [-0.2, -0.15) is 4.98 Å². The molecule has 0 bridgehead atoms. The smallest absolute Gasteiger partial charge is 0.224 e. The molecule has 1 saturated heterocycles. The van der Waals surface area contributed by atoms with Crippen LogP contribution in [0, 0.1) is 5.92 Å². The van der Waals surface area contributed by atoms with Gasteiger partial charge in [0.1, 0.15) is 5.82 Å². The number of hydrogen-bond donors (Lipinski definition) is 2. The number of carbonyl (C=O) groups is 1. The monoisotopic (exact) mass is 410 g/mol. The first kappa shape index (κ1) is 22.0. The predicted octanol–water partition coefficient (Wildman–Crippen LogP) is 2.76. The molecule has 1 fully saturated rings. The van der Waals surface area contributed by atoms with Crippen molar-refractivity contribution in [1.82, 2.24) is 20.2 Å². The lowest BCUT2D eigenvalue weighted by Crippen LogP contribution is -2.38. The summed E-state index contributed by atoms with van der Waals surface area (Å²) in [5, 5.41) is 6.10. The third kappa shape index (κ3) is 6.69. The van der Waals surface area contributed by atoms with Crippen LogP contribution in [0.25, 0.3) is 0 Å². The Morgan fingerprint density at radius 1 is 1.20 bits per heavy atom. The Morgan fingerprint density at radius 3 is 2.67 bits per heavy atom. The van der Waals surface area contributed by atoms with Crippen LogP contribution in [-0.2, 0) is 11.3 Å². The van der Waals surface area contributed by atoms with Crippen LogP contribution in [0.4, 0.5) is 11.8 Å². The summed E-state index contributed by atoms with van der Waals surface area (Å²) in [4.78, 5) is 25.7. The molecular weight excluding hydrogens is 376 g/mol. The van der Waals surface area contributed by atoms with E-state index in [-0.39, 0.29) is 5.91 Å². The van der Waals surface area contributed by atoms with Crippen molar-refractivity contribution in [3.05, 3.63) is 48.2 Å². The van der Waals surface area contributed by atoms with Gasteiger partial charge in [-0.3, -0.25) is 9.69 Å². The topological polar surface area (TPSA) is 73.4 Å². The van der Waals surface area contributed by atoms with Crippen LogP contribution in [0.3, 0.4) is 0 Å². The summed E-state index contributed by atoms with van der Waals surface area (Å²) in [5.41, 5.74) is 1.31. The highest BCUT2D eigenvalue weighted by Gasteiger charge is 2.22. The maximum atomic E-state index is 12.4. The van der Waals surface area contributed by atoms with Crippen LogP contribution in [-0.4, -0.2) is 60.5 Å². The lowest BCUT2D eigenvalue weighted by Gasteiger charge is -2.32. The van der Waals surface area contributed by atoms with Crippen LogP contribution < -0.4 is 15.5 Å². The van der Waals surface area contributed by atoms with Crippen molar-refractivity contribution in [2.24, 2.45) is 5.92 Å². The normalized spacial score (nSPS) is 14.7. The average Bonchev–Trinajstić information content (AvgIpc) is 2.79. The molecule has 1 amide bonds. The largest absolute Gasteiger partial charge is 0.357 e. The van der Waals surface area contributed by atoms with Crippen molar-refractivity contribution in [3.63, 3.8) is 0 Å². The predicted molar refractivity (Wildman–Crippen MR) is 122 cm³/mol. The summed E-state index contributed by atoms with van der Waals surface area (Å²) < 4.78 is 0. The van der Waals surface area contributed by atoms with Gasteiger partial charge in [-0.25, -0.2) is 4.98 Å². The highest BCUT2D eigenvalue weighted by Crippen LogP contribution is 2.24. The summed E-state index contributed by atoms with van der Waals surface area (Å²) >= 11 is 0. The molecule has 30 heavy (non-hydrogen) atoms. The zero-order valence-corrected chi connectivity index (χ0v) is 18.2. The van der Waals surface area contributed by atoms with Gasteiger partial charge >= 0.3 is 0 Å². The molecule has 1 aromatic carbocycles. The van der Waals surface area contributed by atoms with Gasteiger partial charge in [-0.1, -0.05) is 37.3 Å². The maximum Gasteiger partial charge on any atom is 0.224 e. The van der Waals surface area contributed by atoms with Gasteiger partial charge in [0.2, 0.25) is 11.9 Å². The minimum absolute atomic E-state index is 0.170. The average molecular weight is 411 g/mol. The number of hydrogen-bond acceptors (Lipinski definition) is 6. The second-order valence-electron chi connectivity index (χ2n) is 7.83. The van der Waals surface area contributed by atoms with E-state index in [9.17, 15) is 4.79 Å². The zero-order valence-electron chi connectivity index (χ0n) is 18.2. The van der Waals surface area contributed by atoms with E-state index in [1.54, 1.807) is 6.20 Å². The first-order valence-corrected chi connectivity index (χ1v) is 11.0. The van der Waals surface area contributed by atoms with Gasteiger partial charge in [0, 0.05) is 52.4 Å². The van der Waals surface area contributed by atoms with Gasteiger partial charge in [-0.15, -0.1) is 0 Å². The lowest BCUT2D eigenvalue weighted by atomic mass is 9.93. The number of carbonyl (C=O) groups excluding carboxylic acids is 1. The fourth-order valence-electron chi connectivity index (χ4n) is 3.89. The molecule has 2 N–H and O–H groups in total. The van der Waals surface area contributed by atoms with E-state index in [0.717, 1.165) is 51.4 Å². The number of nitrogens with one attached hydrogen (secondary N) is 2. The Morgan fingerprint density at radius 2 is 1.97 bits per heavy atom. The van der Waals surface area contributed by atoms with E-state index in [0.29, 0.717) is 24.8 Å². The van der Waals surface area contributed by atoms with Crippen molar-refractivity contribution in [2.45, 2.75) is 32.7 Å². The first-order valence-electron chi connectivity index (χ1n) is 11.0. The van der Waals surface area contributed by atoms with Crippen LogP contribution >= 0.6 is 0 Å². The molecule has 0 spiro atoms. The SMILES string of the molecule is CCN(CCNC(=O)CC1CCN(c2ccnc(NC)n2)CC1)Cc1ccccc1. The quantitative estimate of drug-likeness (QED) is 0.627. The number of likely N-dealkylation sites (N-methyl/N-ethyl adjacent to an activating group) is 1. The summed E-state index contributed by atoms with van der Waals surface area (Å²) in [7, 11) is 1.82. The zero-order chi connectivity index (χ0) is 21.2. The lowest BCUT2D eigenvalue weighted by molar-refractivity contribution is -0.122. The molecule has 3 rings (SSSR count). The van der Waals surface area contributed by atoms with Crippen LogP contribution in [0.5, 0.6) is 0 Å². The third-order valence-electron chi connectivity index (χ3n) is 5.72. The maximum absolute atomic E-state index is 12.4. The van der Waals surface area contributed by atoms with E-state index in [1.807, 2.05) is 19.2 Å². The fourth-order valence-corrected chi connectivity index (χ4v) is 3.89. The molecule has 0 radical (unpaired) electrons. The Hall–Kier alpha value is -2.67. The molecule has 1 aliphatic rings. The van der Waals surface area contributed by atoms with Gasteiger partial charge in [0.15, 0.2) is 0 Å². The summed E-state index contributed by atoms with van der Waals surface area (Å²) in [5.74, 6) is 2.21. The summed E-state index contributed by atoms with van der Waals surface area (Å²) in [6.45, 7) is 7.49. The number of benzene rings is 1. The number of anilines is 2. The number of aromatic nitrogens is 2. The molecule has 7 nitrogen and oxygen atoms in total.